The van der Waals surface area contributed by atoms with E-state index in [9.17, 15) is 27.6 Å². The first-order chi connectivity index (χ1) is 47.3. The van der Waals surface area contributed by atoms with Gasteiger partial charge in [0.15, 0.2) is 17.5 Å². The minimum Gasteiger partial charge on any atom is -0.475 e. The molecule has 0 spiro atoms. The Morgan fingerprint density at radius 1 is 0.500 bits per heavy atom. The number of aldehydes is 1. The van der Waals surface area contributed by atoms with Gasteiger partial charge in [-0.3, -0.25) is 29.3 Å². The third-order valence-corrected chi connectivity index (χ3v) is 15.8. The molecule has 0 bridgehead atoms. The molecule has 534 valence electrons. The number of carbonyl (C=O) groups is 4. The van der Waals surface area contributed by atoms with E-state index in [0.717, 1.165) is 99.9 Å². The van der Waals surface area contributed by atoms with Gasteiger partial charge in [-0.15, -0.1) is 12.4 Å². The summed E-state index contributed by atoms with van der Waals surface area (Å²) >= 11 is 18.0. The van der Waals surface area contributed by atoms with Crippen molar-refractivity contribution in [3.05, 3.63) is 227 Å². The van der Waals surface area contributed by atoms with E-state index in [0.29, 0.717) is 88.9 Å². The number of anilines is 3. The van der Waals surface area contributed by atoms with Gasteiger partial charge in [-0.1, -0.05) is 60.4 Å². The molecule has 0 aliphatic heterocycles. The first-order valence-electron chi connectivity index (χ1n) is 30.4. The number of hydrogen-bond acceptors (Lipinski definition) is 20. The Morgan fingerprint density at radius 2 is 0.794 bits per heavy atom. The van der Waals surface area contributed by atoms with Crippen LogP contribution in [0, 0.1) is 41.5 Å². The number of nitrogens with zero attached hydrogens (tertiary/aromatic N) is 15. The Morgan fingerprint density at radius 3 is 1.07 bits per heavy atom. The number of benzene rings is 3. The van der Waals surface area contributed by atoms with E-state index < -0.39 is 18.4 Å². The van der Waals surface area contributed by atoms with Crippen LogP contribution in [-0.2, 0) is 64.8 Å². The summed E-state index contributed by atoms with van der Waals surface area (Å²) in [6.45, 7) is 12.8. The number of amides is 2. The number of aromatic nitrogens is 15. The predicted molar refractivity (Wildman–Crippen MR) is 389 cm³/mol. The lowest BCUT2D eigenvalue weighted by Gasteiger charge is -2.11. The zero-order valence-corrected chi connectivity index (χ0v) is 59.1. The highest BCUT2D eigenvalue weighted by Crippen LogP contribution is 2.24. The fourth-order valence-electron chi connectivity index (χ4n) is 10.5. The maximum Gasteiger partial charge on any atom is 0.446 e. The van der Waals surface area contributed by atoms with Gasteiger partial charge in [0.05, 0.1) is 31.6 Å². The summed E-state index contributed by atoms with van der Waals surface area (Å²) in [5.74, 6) is 1.82. The molecule has 11 N–H and O–H groups in total. The van der Waals surface area contributed by atoms with Crippen molar-refractivity contribution in [1.82, 2.24) is 84.8 Å². The lowest BCUT2D eigenvalue weighted by atomic mass is 10.1. The molecule has 26 nitrogen and oxygen atoms in total. The molecule has 33 heteroatoms. The van der Waals surface area contributed by atoms with Crippen LogP contribution in [0.5, 0.6) is 0 Å². The molecule has 12 aromatic rings. The minimum absolute atomic E-state index is 0. The summed E-state index contributed by atoms with van der Waals surface area (Å²) in [5, 5.41) is 32.2. The van der Waals surface area contributed by atoms with Crippen LogP contribution in [0.1, 0.15) is 124 Å². The highest BCUT2D eigenvalue weighted by molar-refractivity contribution is 6.31. The Labute approximate surface area is 605 Å². The number of halogens is 7. The van der Waals surface area contributed by atoms with E-state index in [1.165, 1.54) is 14.0 Å². The van der Waals surface area contributed by atoms with Gasteiger partial charge in [0.1, 0.15) is 17.5 Å². The fraction of sp³-hybridized carbons (Fsp3) is 0.246. The van der Waals surface area contributed by atoms with Crippen LogP contribution in [0.3, 0.4) is 0 Å². The van der Waals surface area contributed by atoms with Crippen LogP contribution >= 0.6 is 47.2 Å². The van der Waals surface area contributed by atoms with Crippen molar-refractivity contribution in [2.45, 2.75) is 94.0 Å². The lowest BCUT2D eigenvalue weighted by Crippen LogP contribution is -2.27. The van der Waals surface area contributed by atoms with Crippen LogP contribution in [0.2, 0.25) is 15.1 Å². The summed E-state index contributed by atoms with van der Waals surface area (Å²) in [5.41, 5.74) is 36.7. The fourth-order valence-corrected chi connectivity index (χ4v) is 11.0. The van der Waals surface area contributed by atoms with Crippen LogP contribution < -0.4 is 33.6 Å². The van der Waals surface area contributed by atoms with E-state index in [4.69, 9.17) is 67.6 Å². The van der Waals surface area contributed by atoms with Crippen molar-refractivity contribution >= 4 is 121 Å². The Kier molecular flexibility index (Phi) is 27.9. The zero-order valence-electron chi connectivity index (χ0n) is 56.0. The number of nitrogens with one attached hydrogen (secondary N) is 2. The number of fused-ring (bicyclic) bond motifs is 3. The van der Waals surface area contributed by atoms with Gasteiger partial charge in [-0.05, 0) is 164 Å². The van der Waals surface area contributed by atoms with E-state index >= 15 is 0 Å². The first-order valence-corrected chi connectivity index (χ1v) is 31.5. The maximum atomic E-state index is 12.7. The number of nitrogens with two attached hydrogens (primary N) is 4. The molecule has 0 fully saturated rings. The second-order valence-corrected chi connectivity index (χ2v) is 24.1. The number of pyridine rings is 6. The Hall–Kier alpha value is -10.9. The zero-order chi connectivity index (χ0) is 72.9. The van der Waals surface area contributed by atoms with Gasteiger partial charge in [-0.2, -0.15) is 28.5 Å². The monoisotopic (exact) mass is 1470 g/mol. The average Bonchev–Trinajstić information content (AvgIpc) is 1.45. The molecule has 3 aromatic carbocycles. The molecule has 9 aromatic heterocycles. The normalized spacial score (nSPS) is 10.7. The quantitative estimate of drug-likeness (QED) is 0.0497. The molecule has 0 unspecified atom stereocenters. The van der Waals surface area contributed by atoms with Crippen molar-refractivity contribution < 1.29 is 37.5 Å². The van der Waals surface area contributed by atoms with Crippen LogP contribution in [-0.4, -0.2) is 110 Å². The number of aromatic carboxylic acids is 1. The number of hydrogen-bond donors (Lipinski definition) is 7. The molecule has 2 amide bonds. The van der Waals surface area contributed by atoms with Crippen molar-refractivity contribution in [3.63, 3.8) is 0 Å². The van der Waals surface area contributed by atoms with E-state index in [1.807, 2.05) is 120 Å². The minimum atomic E-state index is -4.64. The molecule has 12 rings (SSSR count). The summed E-state index contributed by atoms with van der Waals surface area (Å²) in [6, 6.07) is 28.6. The van der Waals surface area contributed by atoms with Gasteiger partial charge >= 0.3 is 12.1 Å². The standard InChI is InChI=1S/2C22H22ClN7O.C14H11ClN4O2.C8H13N3.C2HF3O.CH4.ClH/c2*1-12-6-19(24)27-13(2)17(12)11-26-22(31)21-28-20(29-30(21)3)8-14-4-5-18-15(7-14)9-16(23)10-25-18;1-19-13(14(20)21)17-12(18-19)5-8-2-3-11-9(4-8)6-10(15)7-16-11;1-5-3-8(10)11-6(2)7(5)4-9;3-2(4,5)1-6;;/h2*4-7,9-10H,8,11H2,1-3H3,(H2,24,27)(H,26,31);2-4,6-7H,5H2,1H3,(H,20,21);3H,4,9H2,1-2H3,(H2,10,11);1H;1H4;1H. The third kappa shape index (κ3) is 21.8. The van der Waals surface area contributed by atoms with E-state index in [-0.39, 0.29) is 49.1 Å². The number of nitrogen functional groups attached to an aromatic ring is 3. The highest BCUT2D eigenvalue weighted by atomic mass is 35.5. The molecule has 9 heterocycles. The average molecular weight is 1480 g/mol. The van der Waals surface area contributed by atoms with Gasteiger partial charge in [0, 0.05) is 112 Å². The Bertz CT molecular complexity index is 4760. The van der Waals surface area contributed by atoms with Crippen LogP contribution in [0.15, 0.2) is 110 Å². The lowest BCUT2D eigenvalue weighted by molar-refractivity contribution is -0.156. The molecule has 0 radical (unpaired) electrons. The van der Waals surface area contributed by atoms with Gasteiger partial charge in [-0.25, -0.2) is 48.7 Å². The highest BCUT2D eigenvalue weighted by Gasteiger charge is 2.25. The third-order valence-electron chi connectivity index (χ3n) is 15.2. The maximum absolute atomic E-state index is 12.7. The number of carboxylic acid groups (broad SMARTS) is 1. The molecule has 0 aliphatic carbocycles. The Balaban J connectivity index is 0.000000216. The van der Waals surface area contributed by atoms with Gasteiger partial charge < -0.3 is 38.7 Å². The number of aryl methyl sites for hydroxylation is 9. The van der Waals surface area contributed by atoms with Crippen molar-refractivity contribution in [1.29, 1.82) is 0 Å². The molecule has 0 saturated heterocycles. The molecular formula is C69H74Cl4F3N21O5. The van der Waals surface area contributed by atoms with E-state index in [1.54, 1.807) is 51.9 Å². The van der Waals surface area contributed by atoms with Crippen molar-refractivity contribution in [3.8, 4) is 0 Å². The number of rotatable bonds is 14. The summed E-state index contributed by atoms with van der Waals surface area (Å²) in [7, 11) is 4.97. The van der Waals surface area contributed by atoms with E-state index in [2.05, 4.69) is 70.8 Å². The van der Waals surface area contributed by atoms with Crippen LogP contribution in [0.25, 0.3) is 32.7 Å². The number of carbonyl (C=O) groups excluding carboxylic acids is 3. The second kappa shape index (κ2) is 35.5. The molecular weight excluding hydrogens is 1400 g/mol. The molecule has 102 heavy (non-hydrogen) atoms. The van der Waals surface area contributed by atoms with Crippen molar-refractivity contribution in [2.24, 2.45) is 26.9 Å². The SMILES string of the molecule is C.Cc1cc(N)nc(C)c1CN.Cc1cc(N)nc(C)c1CNC(=O)c1nc(Cc2ccc3ncc(Cl)cc3c2)nn1C.Cc1cc(N)nc(C)c1CNC(=O)c1nc(Cc2ccc3ncc(Cl)cc3c2)nn1C.Cl.Cn1nc(Cc2ccc3ncc(Cl)cc3c2)nc1C(=O)O.O=CC(F)(F)F. The van der Waals surface area contributed by atoms with Gasteiger partial charge in [0.2, 0.25) is 23.8 Å². The largest absolute Gasteiger partial charge is 0.475 e. The molecule has 0 atom stereocenters. The van der Waals surface area contributed by atoms with Crippen molar-refractivity contribution in [2.75, 3.05) is 17.2 Å². The predicted octanol–water partition coefficient (Wildman–Crippen LogP) is 11.1. The first kappa shape index (κ1) is 80.1. The molecule has 0 aliphatic rings. The smallest absolute Gasteiger partial charge is 0.446 e. The number of carboxylic acids is 1. The topological polar surface area (TPSA) is 386 Å². The second-order valence-electron chi connectivity index (χ2n) is 22.8. The summed E-state index contributed by atoms with van der Waals surface area (Å²) in [4.78, 5) is 83.4. The summed E-state index contributed by atoms with van der Waals surface area (Å²) < 4.78 is 35.5. The molecule has 0 saturated carbocycles. The van der Waals surface area contributed by atoms with Gasteiger partial charge in [0.25, 0.3) is 11.8 Å². The number of alkyl halides is 3. The van der Waals surface area contributed by atoms with Crippen LogP contribution in [0.4, 0.5) is 30.6 Å². The summed E-state index contributed by atoms with van der Waals surface area (Å²) in [6.07, 6.45) is 0.573.